The van der Waals surface area contributed by atoms with Gasteiger partial charge >= 0.3 is 23.6 Å². The predicted octanol–water partition coefficient (Wildman–Crippen LogP) is 10.4. The number of nitrogens with zero attached hydrogens (tertiary/aromatic N) is 2. The standard InChI is InChI=1S/C19H10F4N2O3S.C18H9F5N2O2S/c1-8-3-2-4-11(20)13(8)16(26)25-18-24-14-15(29-18)10-7-9(19(21,22)23)5-6-12(10)28-17(14)27;19-11-2-1-3-12(20)10(11)7-24-17-25-14-15(28-17)9-6-8(18(21,22)23)4-5-13(9)27-16(14)26/h2-7H,1H3,(H,24,25,26);1-6H,7H2,(H,24,25). The summed E-state index contributed by atoms with van der Waals surface area (Å²) in [6.45, 7) is 1.30. The van der Waals surface area contributed by atoms with Crippen molar-refractivity contribution in [2.75, 3.05) is 10.6 Å². The highest BCUT2D eigenvalue weighted by atomic mass is 32.1. The molecule has 9 nitrogen and oxygen atoms in total. The topological polar surface area (TPSA) is 127 Å². The Hall–Kier alpha value is -6.28. The summed E-state index contributed by atoms with van der Waals surface area (Å²) in [5, 5.41) is 5.25. The summed E-state index contributed by atoms with van der Waals surface area (Å²) in [6, 6.07) is 13.0. The number of thiazole rings is 2. The van der Waals surface area contributed by atoms with Gasteiger partial charge in [0.1, 0.15) is 28.6 Å². The Balaban J connectivity index is 0.000000174. The zero-order valence-electron chi connectivity index (χ0n) is 28.3. The van der Waals surface area contributed by atoms with Gasteiger partial charge in [-0.25, -0.2) is 32.7 Å². The van der Waals surface area contributed by atoms with Gasteiger partial charge in [-0.2, -0.15) is 26.3 Å². The van der Waals surface area contributed by atoms with Crippen LogP contribution in [0.15, 0.2) is 91.2 Å². The van der Waals surface area contributed by atoms with Gasteiger partial charge in [-0.1, -0.05) is 40.9 Å². The fourth-order valence-corrected chi connectivity index (χ4v) is 7.54. The lowest BCUT2D eigenvalue weighted by atomic mass is 10.1. The fraction of sp³-hybridized carbons (Fsp3) is 0.108. The van der Waals surface area contributed by atoms with Crippen LogP contribution in [0.5, 0.6) is 0 Å². The molecule has 0 aliphatic rings. The van der Waals surface area contributed by atoms with E-state index in [4.69, 9.17) is 8.83 Å². The molecule has 4 aromatic heterocycles. The summed E-state index contributed by atoms with van der Waals surface area (Å²) >= 11 is 1.70. The highest BCUT2D eigenvalue weighted by Gasteiger charge is 2.32. The van der Waals surface area contributed by atoms with Crippen molar-refractivity contribution >= 4 is 81.2 Å². The zero-order valence-corrected chi connectivity index (χ0v) is 29.9. The van der Waals surface area contributed by atoms with E-state index in [-0.39, 0.29) is 70.3 Å². The molecule has 292 valence electrons. The SMILES string of the molecule is Cc1cccc(F)c1C(=O)Nc1nc2c(=O)oc3ccc(C(F)(F)F)cc3c2s1.O=c1oc2ccc(C(F)(F)F)cc2c2sc(NCc3c(F)cccc3F)nc12. The first-order valence-electron chi connectivity index (χ1n) is 16.0. The Bertz CT molecular complexity index is 2970. The van der Waals surface area contributed by atoms with E-state index in [1.54, 1.807) is 13.0 Å². The van der Waals surface area contributed by atoms with E-state index >= 15 is 0 Å². The number of fused-ring (bicyclic) bond motifs is 6. The molecule has 0 fully saturated rings. The Labute approximate surface area is 319 Å². The molecule has 0 atom stereocenters. The number of rotatable bonds is 5. The van der Waals surface area contributed by atoms with Gasteiger partial charge < -0.3 is 14.2 Å². The molecule has 4 aromatic carbocycles. The molecule has 2 N–H and O–H groups in total. The monoisotopic (exact) mass is 834 g/mol. The van der Waals surface area contributed by atoms with Crippen LogP contribution in [-0.2, 0) is 18.9 Å². The van der Waals surface area contributed by atoms with Crippen LogP contribution in [0.1, 0.15) is 32.6 Å². The molecule has 0 spiro atoms. The lowest BCUT2D eigenvalue weighted by Gasteiger charge is -2.07. The van der Waals surface area contributed by atoms with Gasteiger partial charge in [-0.15, -0.1) is 0 Å². The number of hydrogen-bond acceptors (Lipinski definition) is 10. The third kappa shape index (κ3) is 7.77. The molecule has 8 rings (SSSR count). The van der Waals surface area contributed by atoms with Crippen molar-refractivity contribution in [1.82, 2.24) is 9.97 Å². The van der Waals surface area contributed by atoms with E-state index in [0.717, 1.165) is 77.3 Å². The molecule has 0 saturated carbocycles. The van der Waals surface area contributed by atoms with Crippen LogP contribution >= 0.6 is 22.7 Å². The van der Waals surface area contributed by atoms with E-state index in [1.807, 2.05) is 0 Å². The Morgan fingerprint density at radius 1 is 0.684 bits per heavy atom. The number of aryl methyl sites for hydroxylation is 1. The summed E-state index contributed by atoms with van der Waals surface area (Å²) in [5.74, 6) is -3.03. The van der Waals surface area contributed by atoms with Gasteiger partial charge in [0.05, 0.1) is 26.1 Å². The van der Waals surface area contributed by atoms with E-state index < -0.39 is 58.1 Å². The molecular weight excluding hydrogens is 816 g/mol. The normalized spacial score (nSPS) is 12.0. The number of anilines is 2. The van der Waals surface area contributed by atoms with Gasteiger partial charge in [0.25, 0.3) is 5.91 Å². The molecule has 8 aromatic rings. The smallest absolute Gasteiger partial charge is 0.416 e. The summed E-state index contributed by atoms with van der Waals surface area (Å²) in [4.78, 5) is 44.6. The number of amides is 1. The Morgan fingerprint density at radius 3 is 1.67 bits per heavy atom. The maximum Gasteiger partial charge on any atom is 0.416 e. The van der Waals surface area contributed by atoms with Gasteiger partial charge in [-0.3, -0.25) is 10.1 Å². The number of aromatic nitrogens is 2. The maximum atomic E-state index is 14.0. The highest BCUT2D eigenvalue weighted by Crippen LogP contribution is 2.38. The van der Waals surface area contributed by atoms with Crippen molar-refractivity contribution < 1.29 is 53.1 Å². The molecule has 1 amide bonds. The second-order valence-corrected chi connectivity index (χ2v) is 14.0. The predicted molar refractivity (Wildman–Crippen MR) is 194 cm³/mol. The van der Waals surface area contributed by atoms with Crippen LogP contribution in [0, 0.1) is 24.4 Å². The van der Waals surface area contributed by atoms with Crippen molar-refractivity contribution in [3.63, 3.8) is 0 Å². The van der Waals surface area contributed by atoms with Crippen LogP contribution in [0.3, 0.4) is 0 Å². The minimum absolute atomic E-state index is 0.0131. The molecule has 4 heterocycles. The van der Waals surface area contributed by atoms with Crippen molar-refractivity contribution in [3.8, 4) is 0 Å². The summed E-state index contributed by atoms with van der Waals surface area (Å²) in [7, 11) is 0. The van der Waals surface area contributed by atoms with Crippen molar-refractivity contribution in [2.24, 2.45) is 0 Å². The largest absolute Gasteiger partial charge is 0.421 e. The molecule has 0 unspecified atom stereocenters. The van der Waals surface area contributed by atoms with Crippen molar-refractivity contribution in [3.05, 3.63) is 139 Å². The average Bonchev–Trinajstić information content (AvgIpc) is 3.77. The van der Waals surface area contributed by atoms with Crippen LogP contribution in [0.2, 0.25) is 0 Å². The molecule has 0 saturated heterocycles. The maximum absolute atomic E-state index is 14.0. The van der Waals surface area contributed by atoms with Gasteiger partial charge in [0.2, 0.25) is 0 Å². The lowest BCUT2D eigenvalue weighted by molar-refractivity contribution is -0.138. The number of alkyl halides is 6. The molecule has 0 aliphatic carbocycles. The highest BCUT2D eigenvalue weighted by molar-refractivity contribution is 7.23. The molecule has 0 bridgehead atoms. The number of carbonyl (C=O) groups is 1. The first-order valence-corrected chi connectivity index (χ1v) is 17.6. The summed E-state index contributed by atoms with van der Waals surface area (Å²) in [5.41, 5.74) is -3.94. The first kappa shape index (κ1) is 39.0. The van der Waals surface area contributed by atoms with E-state index in [9.17, 15) is 53.9 Å². The second-order valence-electron chi connectivity index (χ2n) is 12.0. The molecule has 0 aliphatic heterocycles. The van der Waals surface area contributed by atoms with Crippen LogP contribution in [0.25, 0.3) is 42.4 Å². The van der Waals surface area contributed by atoms with Crippen molar-refractivity contribution in [1.29, 1.82) is 0 Å². The van der Waals surface area contributed by atoms with Crippen LogP contribution in [0.4, 0.5) is 49.8 Å². The lowest BCUT2D eigenvalue weighted by Crippen LogP contribution is -2.15. The van der Waals surface area contributed by atoms with Crippen LogP contribution < -0.4 is 21.9 Å². The minimum atomic E-state index is -4.58. The van der Waals surface area contributed by atoms with Crippen LogP contribution in [-0.4, -0.2) is 15.9 Å². The third-order valence-electron chi connectivity index (χ3n) is 8.30. The molecule has 0 radical (unpaired) electrons. The number of halogens is 9. The van der Waals surface area contributed by atoms with Gasteiger partial charge in [-0.05, 0) is 67.1 Å². The second kappa shape index (κ2) is 14.7. The van der Waals surface area contributed by atoms with Gasteiger partial charge in [0, 0.05) is 22.9 Å². The number of hydrogen-bond donors (Lipinski definition) is 2. The molecule has 57 heavy (non-hydrogen) atoms. The number of carbonyl (C=O) groups excluding carboxylic acids is 1. The number of benzene rings is 4. The Morgan fingerprint density at radius 2 is 1.16 bits per heavy atom. The molecule has 20 heteroatoms. The zero-order chi connectivity index (χ0) is 41.0. The summed E-state index contributed by atoms with van der Waals surface area (Å²) in [6.07, 6.45) is -9.15. The van der Waals surface area contributed by atoms with E-state index in [2.05, 4.69) is 20.6 Å². The third-order valence-corrected chi connectivity index (χ3v) is 10.3. The van der Waals surface area contributed by atoms with E-state index in [0.29, 0.717) is 5.56 Å². The minimum Gasteiger partial charge on any atom is -0.421 e. The van der Waals surface area contributed by atoms with E-state index in [1.165, 1.54) is 12.1 Å². The fourth-order valence-electron chi connectivity index (χ4n) is 5.60. The summed E-state index contributed by atoms with van der Waals surface area (Å²) < 4.78 is 130. The van der Waals surface area contributed by atoms with Gasteiger partial charge in [0.15, 0.2) is 21.3 Å². The number of nitrogens with one attached hydrogen (secondary N) is 2. The molecular formula is C37H19F9N4O5S2. The first-order chi connectivity index (χ1) is 26.9. The average molecular weight is 835 g/mol. The Kier molecular flexibility index (Phi) is 10.0. The quantitative estimate of drug-likeness (QED) is 0.130. The van der Waals surface area contributed by atoms with Crippen molar-refractivity contribution in [2.45, 2.75) is 25.8 Å².